The Balaban J connectivity index is 2.73. The highest BCUT2D eigenvalue weighted by atomic mass is 35.5. The summed E-state index contributed by atoms with van der Waals surface area (Å²) in [7, 11) is 0. The van der Waals surface area contributed by atoms with Gasteiger partial charge in [-0.15, -0.1) is 0 Å². The van der Waals surface area contributed by atoms with E-state index in [-0.39, 0.29) is 0 Å². The van der Waals surface area contributed by atoms with Crippen LogP contribution in [-0.4, -0.2) is 6.54 Å². The van der Waals surface area contributed by atoms with Crippen molar-refractivity contribution in [1.82, 2.24) is 5.32 Å². The molecule has 16 heavy (non-hydrogen) atoms. The zero-order chi connectivity index (χ0) is 12.0. The number of hydrogen-bond acceptors (Lipinski definition) is 1. The smallest absolute Gasteiger partial charge is 0.0453 e. The van der Waals surface area contributed by atoms with Crippen LogP contribution in [0.5, 0.6) is 0 Å². The first kappa shape index (κ1) is 13.5. The van der Waals surface area contributed by atoms with Gasteiger partial charge in [0.25, 0.3) is 0 Å². The van der Waals surface area contributed by atoms with Gasteiger partial charge in [-0.1, -0.05) is 50.6 Å². The Morgan fingerprint density at radius 1 is 1.19 bits per heavy atom. The second-order valence-corrected chi connectivity index (χ2v) is 5.01. The summed E-state index contributed by atoms with van der Waals surface area (Å²) in [5.41, 5.74) is 1.23. The van der Waals surface area contributed by atoms with Gasteiger partial charge in [0, 0.05) is 11.1 Å². The van der Waals surface area contributed by atoms with Crippen LogP contribution >= 0.6 is 11.6 Å². The first-order chi connectivity index (χ1) is 7.65. The highest BCUT2D eigenvalue weighted by Crippen LogP contribution is 2.27. The molecule has 90 valence electrons. The van der Waals surface area contributed by atoms with Crippen molar-refractivity contribution in [2.24, 2.45) is 5.92 Å². The second-order valence-electron chi connectivity index (χ2n) is 4.60. The summed E-state index contributed by atoms with van der Waals surface area (Å²) in [6, 6.07) is 8.52. The minimum atomic E-state index is 0.390. The zero-order valence-corrected chi connectivity index (χ0v) is 11.2. The Labute approximate surface area is 104 Å². The molecule has 1 rings (SSSR count). The summed E-state index contributed by atoms with van der Waals surface area (Å²) in [5.74, 6) is 0.739. The van der Waals surface area contributed by atoms with Crippen LogP contribution in [0.2, 0.25) is 5.02 Å². The summed E-state index contributed by atoms with van der Waals surface area (Å²) in [6.45, 7) is 7.64. The van der Waals surface area contributed by atoms with Crippen molar-refractivity contribution in [2.75, 3.05) is 6.54 Å². The Hall–Kier alpha value is -0.530. The van der Waals surface area contributed by atoms with Crippen LogP contribution in [0, 0.1) is 5.92 Å². The molecule has 1 unspecified atom stereocenters. The molecule has 0 aliphatic heterocycles. The predicted octanol–water partition coefficient (Wildman–Crippen LogP) is 4.43. The van der Waals surface area contributed by atoms with Gasteiger partial charge in [0.05, 0.1) is 0 Å². The fraction of sp³-hybridized carbons (Fsp3) is 0.571. The summed E-state index contributed by atoms with van der Waals surface area (Å²) in [6.07, 6.45) is 2.37. The lowest BCUT2D eigenvalue weighted by molar-refractivity contribution is 0.448. The second kappa shape index (κ2) is 6.93. The molecule has 0 aliphatic rings. The quantitative estimate of drug-likeness (QED) is 0.775. The van der Waals surface area contributed by atoms with Crippen molar-refractivity contribution in [3.63, 3.8) is 0 Å². The van der Waals surface area contributed by atoms with Crippen molar-refractivity contribution in [3.05, 3.63) is 34.9 Å². The minimum Gasteiger partial charge on any atom is -0.310 e. The van der Waals surface area contributed by atoms with Gasteiger partial charge in [-0.2, -0.15) is 0 Å². The van der Waals surface area contributed by atoms with Crippen LogP contribution in [0.4, 0.5) is 0 Å². The van der Waals surface area contributed by atoms with Crippen molar-refractivity contribution < 1.29 is 0 Å². The summed E-state index contributed by atoms with van der Waals surface area (Å²) >= 11 is 6.23. The maximum absolute atomic E-state index is 6.23. The molecule has 1 N–H and O–H groups in total. The molecule has 0 heterocycles. The highest BCUT2D eigenvalue weighted by molar-refractivity contribution is 6.31. The predicted molar refractivity (Wildman–Crippen MR) is 71.9 cm³/mol. The maximum Gasteiger partial charge on any atom is 0.0453 e. The van der Waals surface area contributed by atoms with E-state index in [1.54, 1.807) is 0 Å². The normalized spacial score (nSPS) is 13.1. The molecule has 0 amide bonds. The Morgan fingerprint density at radius 3 is 2.44 bits per heavy atom. The number of benzene rings is 1. The van der Waals surface area contributed by atoms with Gasteiger partial charge in [-0.05, 0) is 36.9 Å². The molecule has 1 nitrogen and oxygen atoms in total. The van der Waals surface area contributed by atoms with Crippen LogP contribution < -0.4 is 5.32 Å². The lowest BCUT2D eigenvalue weighted by atomic mass is 9.97. The Morgan fingerprint density at radius 2 is 1.88 bits per heavy atom. The topological polar surface area (TPSA) is 12.0 Å². The van der Waals surface area contributed by atoms with Crippen LogP contribution in [-0.2, 0) is 0 Å². The molecular weight excluding hydrogens is 218 g/mol. The van der Waals surface area contributed by atoms with E-state index in [1.165, 1.54) is 12.0 Å². The fourth-order valence-corrected chi connectivity index (χ4v) is 2.14. The molecule has 0 bridgehead atoms. The molecular formula is C14H22ClN. The van der Waals surface area contributed by atoms with Gasteiger partial charge in [0.2, 0.25) is 0 Å². The molecule has 0 saturated heterocycles. The lowest BCUT2D eigenvalue weighted by Crippen LogP contribution is -2.21. The minimum absolute atomic E-state index is 0.390. The molecule has 1 aromatic rings. The molecule has 0 saturated carbocycles. The van der Waals surface area contributed by atoms with Crippen molar-refractivity contribution in [3.8, 4) is 0 Å². The van der Waals surface area contributed by atoms with Crippen molar-refractivity contribution in [2.45, 2.75) is 39.7 Å². The fourth-order valence-electron chi connectivity index (χ4n) is 1.87. The van der Waals surface area contributed by atoms with E-state index in [0.717, 1.165) is 23.9 Å². The van der Waals surface area contributed by atoms with Crippen molar-refractivity contribution >= 4 is 11.6 Å². The van der Waals surface area contributed by atoms with Gasteiger partial charge in [-0.3, -0.25) is 0 Å². The van der Waals surface area contributed by atoms with Gasteiger partial charge in [-0.25, -0.2) is 0 Å². The molecule has 2 heteroatoms. The monoisotopic (exact) mass is 239 g/mol. The first-order valence-corrected chi connectivity index (χ1v) is 6.50. The number of halogens is 1. The molecule has 0 fully saturated rings. The van der Waals surface area contributed by atoms with E-state index in [9.17, 15) is 0 Å². The third-order valence-corrected chi connectivity index (χ3v) is 3.11. The largest absolute Gasteiger partial charge is 0.310 e. The van der Waals surface area contributed by atoms with Crippen LogP contribution in [0.25, 0.3) is 0 Å². The Kier molecular flexibility index (Phi) is 5.86. The molecule has 1 aromatic carbocycles. The number of nitrogens with one attached hydrogen (secondary N) is 1. The average molecular weight is 240 g/mol. The van der Waals surface area contributed by atoms with Crippen molar-refractivity contribution in [1.29, 1.82) is 0 Å². The molecule has 0 aromatic heterocycles. The van der Waals surface area contributed by atoms with E-state index < -0.39 is 0 Å². The summed E-state index contributed by atoms with van der Waals surface area (Å²) in [4.78, 5) is 0. The van der Waals surface area contributed by atoms with Gasteiger partial charge >= 0.3 is 0 Å². The van der Waals surface area contributed by atoms with Gasteiger partial charge < -0.3 is 5.32 Å². The van der Waals surface area contributed by atoms with E-state index in [0.29, 0.717) is 6.04 Å². The zero-order valence-electron chi connectivity index (χ0n) is 10.5. The molecule has 1 atom stereocenters. The van der Waals surface area contributed by atoms with E-state index in [1.807, 2.05) is 12.1 Å². The molecule has 0 aliphatic carbocycles. The molecule has 0 radical (unpaired) electrons. The van der Waals surface area contributed by atoms with E-state index in [4.69, 9.17) is 11.6 Å². The third kappa shape index (κ3) is 4.15. The maximum atomic E-state index is 6.23. The lowest BCUT2D eigenvalue weighted by Gasteiger charge is -2.20. The highest BCUT2D eigenvalue weighted by Gasteiger charge is 2.13. The number of rotatable bonds is 6. The SMILES string of the molecule is CCNC(CCC(C)C)c1ccccc1Cl. The van der Waals surface area contributed by atoms with E-state index >= 15 is 0 Å². The van der Waals surface area contributed by atoms with Crippen LogP contribution in [0.1, 0.15) is 45.2 Å². The standard InChI is InChI=1S/C14H22ClN/c1-4-16-14(10-9-11(2)3)12-7-5-6-8-13(12)15/h5-8,11,14,16H,4,9-10H2,1-3H3. The van der Waals surface area contributed by atoms with Gasteiger partial charge in [0.15, 0.2) is 0 Å². The van der Waals surface area contributed by atoms with E-state index in [2.05, 4.69) is 38.2 Å². The Bertz CT molecular complexity index is 309. The first-order valence-electron chi connectivity index (χ1n) is 6.13. The average Bonchev–Trinajstić information content (AvgIpc) is 2.25. The van der Waals surface area contributed by atoms with Gasteiger partial charge in [0.1, 0.15) is 0 Å². The number of hydrogen-bond donors (Lipinski definition) is 1. The third-order valence-electron chi connectivity index (χ3n) is 2.76. The summed E-state index contributed by atoms with van der Waals surface area (Å²) < 4.78 is 0. The summed E-state index contributed by atoms with van der Waals surface area (Å²) in [5, 5.41) is 4.38. The molecule has 0 spiro atoms. The van der Waals surface area contributed by atoms with Crippen LogP contribution in [0.3, 0.4) is 0 Å². The van der Waals surface area contributed by atoms with Crippen LogP contribution in [0.15, 0.2) is 24.3 Å².